The van der Waals surface area contributed by atoms with E-state index in [1.807, 2.05) is 0 Å². The number of aliphatic hydroxyl groups is 1. The lowest BCUT2D eigenvalue weighted by molar-refractivity contribution is -0.137. The zero-order chi connectivity index (χ0) is 23.4. The summed E-state index contributed by atoms with van der Waals surface area (Å²) in [5, 5.41) is 18.9. The first-order valence-electron chi connectivity index (χ1n) is 10.1. The molecule has 4 rings (SSSR count). The van der Waals surface area contributed by atoms with Gasteiger partial charge in [0, 0.05) is 18.2 Å². The Balaban J connectivity index is 1.58. The number of alkyl halides is 3. The van der Waals surface area contributed by atoms with Gasteiger partial charge in [-0.1, -0.05) is 29.4 Å². The Labute approximate surface area is 185 Å². The second kappa shape index (κ2) is 9.33. The third-order valence-electron chi connectivity index (χ3n) is 5.08. The van der Waals surface area contributed by atoms with Gasteiger partial charge in [-0.3, -0.25) is 4.79 Å². The van der Waals surface area contributed by atoms with Crippen molar-refractivity contribution in [1.82, 2.24) is 20.4 Å². The van der Waals surface area contributed by atoms with E-state index in [0.717, 1.165) is 12.1 Å². The van der Waals surface area contributed by atoms with E-state index in [0.29, 0.717) is 28.1 Å². The van der Waals surface area contributed by atoms with Crippen molar-refractivity contribution < 1.29 is 27.6 Å². The van der Waals surface area contributed by atoms with Crippen molar-refractivity contribution in [3.05, 3.63) is 77.2 Å². The molecule has 11 heteroatoms. The van der Waals surface area contributed by atoms with E-state index < -0.39 is 23.7 Å². The Morgan fingerprint density at radius 3 is 2.73 bits per heavy atom. The van der Waals surface area contributed by atoms with Crippen LogP contribution in [0.3, 0.4) is 0 Å². The largest absolute Gasteiger partial charge is 0.416 e. The number of aromatic nitrogens is 3. The predicted molar refractivity (Wildman–Crippen MR) is 113 cm³/mol. The minimum atomic E-state index is -4.49. The molecule has 0 aliphatic heterocycles. The molecule has 8 nitrogen and oxygen atoms in total. The summed E-state index contributed by atoms with van der Waals surface area (Å²) in [4.78, 5) is 19.6. The first-order valence-corrected chi connectivity index (χ1v) is 10.1. The number of H-pyrrole nitrogens is 1. The lowest BCUT2D eigenvalue weighted by atomic mass is 10.0. The number of aliphatic hydroxyl groups excluding tert-OH is 1. The molecule has 0 aliphatic carbocycles. The number of fused-ring (bicyclic) bond motifs is 1. The van der Waals surface area contributed by atoms with Crippen molar-refractivity contribution in [2.45, 2.75) is 25.2 Å². The van der Waals surface area contributed by atoms with Gasteiger partial charge in [0.15, 0.2) is 5.69 Å². The fraction of sp³-hybridized carbons (Fsp3) is 0.227. The minimum absolute atomic E-state index is 0.104. The number of hydrogen-bond acceptors (Lipinski definition) is 6. The maximum absolute atomic E-state index is 13.3. The molecule has 4 aromatic rings. The van der Waals surface area contributed by atoms with Crippen LogP contribution in [0.15, 0.2) is 59.3 Å². The molecule has 4 N–H and O–H groups in total. The Hall–Kier alpha value is -3.86. The molecular formula is C22H20F3N5O3. The number of rotatable bonds is 8. The number of hydrogen-bond donors (Lipinski definition) is 4. The van der Waals surface area contributed by atoms with Crippen LogP contribution in [0.25, 0.3) is 11.0 Å². The predicted octanol–water partition coefficient (Wildman–Crippen LogP) is 4.04. The molecule has 1 unspecified atom stereocenters. The van der Waals surface area contributed by atoms with Crippen molar-refractivity contribution >= 4 is 22.9 Å². The number of amides is 1. The van der Waals surface area contributed by atoms with E-state index in [-0.39, 0.29) is 25.3 Å². The third-order valence-corrected chi connectivity index (χ3v) is 5.08. The fourth-order valence-corrected chi connectivity index (χ4v) is 3.46. The Morgan fingerprint density at radius 2 is 2.00 bits per heavy atom. The van der Waals surface area contributed by atoms with Gasteiger partial charge in [-0.25, -0.2) is 4.98 Å². The molecule has 1 atom stereocenters. The molecule has 2 heterocycles. The van der Waals surface area contributed by atoms with E-state index in [9.17, 15) is 23.1 Å². The molecule has 0 spiro atoms. The smallest absolute Gasteiger partial charge is 0.392 e. The van der Waals surface area contributed by atoms with Gasteiger partial charge in [-0.15, -0.1) is 0 Å². The molecule has 2 aromatic heterocycles. The molecule has 0 radical (unpaired) electrons. The average molecular weight is 459 g/mol. The van der Waals surface area contributed by atoms with Crippen LogP contribution in [0.4, 0.5) is 19.1 Å². The van der Waals surface area contributed by atoms with Gasteiger partial charge < -0.3 is 25.2 Å². The van der Waals surface area contributed by atoms with Gasteiger partial charge in [0.1, 0.15) is 6.26 Å². The summed E-state index contributed by atoms with van der Waals surface area (Å²) in [5.74, 6) is -0.126. The summed E-state index contributed by atoms with van der Waals surface area (Å²) in [6.07, 6.45) is -2.96. The van der Waals surface area contributed by atoms with E-state index in [2.05, 4.69) is 30.3 Å². The van der Waals surface area contributed by atoms with Crippen molar-refractivity contribution in [2.24, 2.45) is 0 Å². The zero-order valence-corrected chi connectivity index (χ0v) is 17.2. The molecule has 1 amide bonds. The number of anilines is 1. The second-order valence-electron chi connectivity index (χ2n) is 7.31. The molecule has 2 aromatic carbocycles. The molecule has 33 heavy (non-hydrogen) atoms. The van der Waals surface area contributed by atoms with Crippen LogP contribution in [-0.4, -0.2) is 32.7 Å². The van der Waals surface area contributed by atoms with Gasteiger partial charge in [0.2, 0.25) is 5.95 Å². The minimum Gasteiger partial charge on any atom is -0.392 e. The highest BCUT2D eigenvalue weighted by molar-refractivity contribution is 5.91. The van der Waals surface area contributed by atoms with Crippen LogP contribution in [0, 0.1) is 0 Å². The van der Waals surface area contributed by atoms with Crippen LogP contribution < -0.4 is 10.6 Å². The molecule has 0 bridgehead atoms. The van der Waals surface area contributed by atoms with E-state index in [1.54, 1.807) is 24.3 Å². The van der Waals surface area contributed by atoms with E-state index >= 15 is 0 Å². The Kier molecular flexibility index (Phi) is 6.31. The summed E-state index contributed by atoms with van der Waals surface area (Å²) in [5.41, 5.74) is 1.56. The Morgan fingerprint density at radius 1 is 1.18 bits per heavy atom. The summed E-state index contributed by atoms with van der Waals surface area (Å²) in [6.45, 7) is -0.0471. The molecular weight excluding hydrogens is 439 g/mol. The highest BCUT2D eigenvalue weighted by Crippen LogP contribution is 2.32. The zero-order valence-electron chi connectivity index (χ0n) is 17.2. The van der Waals surface area contributed by atoms with Crippen molar-refractivity contribution in [3.63, 3.8) is 0 Å². The number of benzene rings is 2. The maximum Gasteiger partial charge on any atom is 0.416 e. The molecule has 0 saturated heterocycles. The van der Waals surface area contributed by atoms with E-state index in [4.69, 9.17) is 0 Å². The standard InChI is InChI=1S/C22H20F3N5O3/c23-22(24,25)15-5-1-3-13(11-15)16(7-9-26-20(32)18-8-10-33-30-18)27-21-28-17-6-2-4-14(12-31)19(17)29-21/h1-6,8,10-11,16,31H,7,9,12H2,(H,26,32)(H2,27,28,29). The van der Waals surface area contributed by atoms with Crippen LogP contribution in [-0.2, 0) is 12.8 Å². The number of nitrogens with zero attached hydrogens (tertiary/aromatic N) is 2. The van der Waals surface area contributed by atoms with Crippen LogP contribution in [0.2, 0.25) is 0 Å². The fourth-order valence-electron chi connectivity index (χ4n) is 3.46. The first-order chi connectivity index (χ1) is 15.8. The van der Waals surface area contributed by atoms with Gasteiger partial charge in [-0.05, 0) is 30.2 Å². The topological polar surface area (TPSA) is 116 Å². The molecule has 172 valence electrons. The normalized spacial score (nSPS) is 12.6. The number of nitrogens with one attached hydrogen (secondary N) is 3. The quantitative estimate of drug-likeness (QED) is 0.316. The Bertz CT molecular complexity index is 1240. The third kappa shape index (κ3) is 5.14. The van der Waals surface area contributed by atoms with Crippen LogP contribution in [0.5, 0.6) is 0 Å². The molecule has 0 fully saturated rings. The lowest BCUT2D eigenvalue weighted by Gasteiger charge is -2.20. The number of halogens is 3. The summed E-state index contributed by atoms with van der Waals surface area (Å²) in [7, 11) is 0. The number of imidazole rings is 1. The van der Waals surface area contributed by atoms with Crippen LogP contribution >= 0.6 is 0 Å². The summed E-state index contributed by atoms with van der Waals surface area (Å²) >= 11 is 0. The van der Waals surface area contributed by atoms with Crippen molar-refractivity contribution in [2.75, 3.05) is 11.9 Å². The first kappa shape index (κ1) is 22.3. The van der Waals surface area contributed by atoms with Gasteiger partial charge >= 0.3 is 6.18 Å². The summed E-state index contributed by atoms with van der Waals surface area (Å²) in [6, 6.07) is 11.1. The number of carbonyl (C=O) groups excluding carboxylic acids is 1. The average Bonchev–Trinajstić information content (AvgIpc) is 3.47. The number of aromatic amines is 1. The van der Waals surface area contributed by atoms with Gasteiger partial charge in [-0.2, -0.15) is 13.2 Å². The van der Waals surface area contributed by atoms with Gasteiger partial charge in [0.25, 0.3) is 5.91 Å². The second-order valence-corrected chi connectivity index (χ2v) is 7.31. The number of carbonyl (C=O) groups is 1. The summed E-state index contributed by atoms with van der Waals surface area (Å²) < 4.78 is 44.4. The van der Waals surface area contributed by atoms with Crippen molar-refractivity contribution in [1.29, 1.82) is 0 Å². The maximum atomic E-state index is 13.3. The molecule has 0 aliphatic rings. The lowest BCUT2D eigenvalue weighted by Crippen LogP contribution is -2.27. The monoisotopic (exact) mass is 459 g/mol. The van der Waals surface area contributed by atoms with Crippen molar-refractivity contribution in [3.8, 4) is 0 Å². The van der Waals surface area contributed by atoms with Crippen LogP contribution in [0.1, 0.15) is 39.6 Å². The SMILES string of the molecule is O=C(NCCC(Nc1nc2c(CO)cccc2[nH]1)c1cccc(C(F)(F)F)c1)c1ccon1. The van der Waals surface area contributed by atoms with E-state index in [1.165, 1.54) is 18.4 Å². The highest BCUT2D eigenvalue weighted by Gasteiger charge is 2.31. The number of para-hydroxylation sites is 1. The highest BCUT2D eigenvalue weighted by atomic mass is 19.4. The van der Waals surface area contributed by atoms with Gasteiger partial charge in [0.05, 0.1) is 29.2 Å². The molecule has 0 saturated carbocycles.